The molecular formula is C21H25N3. The number of nitrogens with zero attached hydrogens (tertiary/aromatic N) is 3. The topological polar surface area (TPSA) is 21.1 Å². The Balaban J connectivity index is 1.78. The van der Waals surface area contributed by atoms with E-state index in [-0.39, 0.29) is 0 Å². The molecule has 1 unspecified atom stereocenters. The monoisotopic (exact) mass is 319 g/mol. The molecule has 2 aromatic heterocycles. The molecule has 4 rings (SSSR count). The van der Waals surface area contributed by atoms with Gasteiger partial charge in [0.15, 0.2) is 0 Å². The number of aromatic nitrogens is 2. The molecule has 0 amide bonds. The molecule has 1 aliphatic rings. The number of rotatable bonds is 3. The van der Waals surface area contributed by atoms with E-state index in [4.69, 9.17) is 0 Å². The van der Waals surface area contributed by atoms with Gasteiger partial charge in [0.1, 0.15) is 0 Å². The minimum absolute atomic E-state index is 0.597. The van der Waals surface area contributed by atoms with E-state index in [2.05, 4.69) is 59.6 Å². The summed E-state index contributed by atoms with van der Waals surface area (Å²) in [5.74, 6) is 0. The van der Waals surface area contributed by atoms with Gasteiger partial charge in [-0.3, -0.25) is 9.88 Å². The van der Waals surface area contributed by atoms with Crippen LogP contribution in [0, 0.1) is 6.92 Å². The van der Waals surface area contributed by atoms with Crippen molar-refractivity contribution in [1.82, 2.24) is 14.5 Å². The Morgan fingerprint density at radius 2 is 2.12 bits per heavy atom. The summed E-state index contributed by atoms with van der Waals surface area (Å²) in [5, 5.41) is 1.44. The smallest absolute Gasteiger partial charge is 0.0486 e. The molecule has 3 aromatic rings. The molecule has 1 aromatic carbocycles. The van der Waals surface area contributed by atoms with Crippen molar-refractivity contribution in [2.75, 3.05) is 7.05 Å². The largest absolute Gasteiger partial charge is 0.344 e. The second-order valence-corrected chi connectivity index (χ2v) is 7.18. The first-order chi connectivity index (χ1) is 11.6. The van der Waals surface area contributed by atoms with Crippen molar-refractivity contribution in [3.8, 4) is 0 Å². The van der Waals surface area contributed by atoms with Crippen LogP contribution >= 0.6 is 0 Å². The predicted molar refractivity (Wildman–Crippen MR) is 99.2 cm³/mol. The lowest BCUT2D eigenvalue weighted by molar-refractivity contribution is 0.228. The number of hydrogen-bond acceptors (Lipinski definition) is 2. The Morgan fingerprint density at radius 1 is 1.25 bits per heavy atom. The predicted octanol–water partition coefficient (Wildman–Crippen LogP) is 3.96. The Kier molecular flexibility index (Phi) is 3.89. The summed E-state index contributed by atoms with van der Waals surface area (Å²) in [6, 6.07) is 11.7. The van der Waals surface area contributed by atoms with Gasteiger partial charge in [-0.2, -0.15) is 0 Å². The standard InChI is InChI=1S/C21H25N3/c1-15-6-7-20-18(11-15)19-14-23(3)16(2)12-21(19)24(20)10-8-17-5-4-9-22-13-17/h4-7,9,11,13,16H,8,10,12,14H2,1-3H3. The van der Waals surface area contributed by atoms with Crippen LogP contribution in [0.2, 0.25) is 0 Å². The average molecular weight is 319 g/mol. The summed E-state index contributed by atoms with van der Waals surface area (Å²) in [6.07, 6.45) is 5.99. The van der Waals surface area contributed by atoms with Crippen LogP contribution in [0.5, 0.6) is 0 Å². The number of hydrogen-bond donors (Lipinski definition) is 0. The molecule has 3 heteroatoms. The Hall–Kier alpha value is -2.13. The van der Waals surface area contributed by atoms with Gasteiger partial charge in [0.25, 0.3) is 0 Å². The van der Waals surface area contributed by atoms with Crippen LogP contribution in [0.25, 0.3) is 10.9 Å². The van der Waals surface area contributed by atoms with Crippen molar-refractivity contribution in [2.24, 2.45) is 0 Å². The Bertz CT molecular complexity index is 864. The fourth-order valence-electron chi connectivity index (χ4n) is 3.88. The van der Waals surface area contributed by atoms with E-state index in [1.807, 2.05) is 18.5 Å². The van der Waals surface area contributed by atoms with Gasteiger partial charge < -0.3 is 4.57 Å². The van der Waals surface area contributed by atoms with E-state index < -0.39 is 0 Å². The molecule has 0 aliphatic carbocycles. The van der Waals surface area contributed by atoms with Gasteiger partial charge in [0, 0.05) is 54.5 Å². The molecule has 0 saturated heterocycles. The minimum atomic E-state index is 0.597. The molecule has 0 radical (unpaired) electrons. The van der Waals surface area contributed by atoms with Crippen LogP contribution in [-0.4, -0.2) is 27.5 Å². The van der Waals surface area contributed by atoms with Gasteiger partial charge in [0.2, 0.25) is 0 Å². The van der Waals surface area contributed by atoms with E-state index in [9.17, 15) is 0 Å². The average Bonchev–Trinajstić information content (AvgIpc) is 2.87. The zero-order chi connectivity index (χ0) is 16.7. The SMILES string of the molecule is Cc1ccc2c(c1)c1c(n2CCc2cccnc2)CC(C)N(C)C1. The van der Waals surface area contributed by atoms with E-state index in [0.717, 1.165) is 25.9 Å². The maximum Gasteiger partial charge on any atom is 0.0486 e. The summed E-state index contributed by atoms with van der Waals surface area (Å²) in [5.41, 5.74) is 7.10. The molecule has 0 N–H and O–H groups in total. The maximum absolute atomic E-state index is 4.25. The van der Waals surface area contributed by atoms with Crippen molar-refractivity contribution >= 4 is 10.9 Å². The summed E-state index contributed by atoms with van der Waals surface area (Å²) in [6.45, 7) is 6.60. The number of pyridine rings is 1. The lowest BCUT2D eigenvalue weighted by Crippen LogP contribution is -2.35. The van der Waals surface area contributed by atoms with Crippen molar-refractivity contribution in [3.05, 3.63) is 65.1 Å². The second-order valence-electron chi connectivity index (χ2n) is 7.18. The van der Waals surface area contributed by atoms with Crippen LogP contribution in [0.3, 0.4) is 0 Å². The molecular weight excluding hydrogens is 294 g/mol. The van der Waals surface area contributed by atoms with Gasteiger partial charge >= 0.3 is 0 Å². The summed E-state index contributed by atoms with van der Waals surface area (Å²) < 4.78 is 2.56. The van der Waals surface area contributed by atoms with Gasteiger partial charge in [-0.1, -0.05) is 17.7 Å². The molecule has 3 nitrogen and oxygen atoms in total. The fraction of sp³-hybridized carbons (Fsp3) is 0.381. The van der Waals surface area contributed by atoms with Gasteiger partial charge in [-0.05, 0) is 56.6 Å². The van der Waals surface area contributed by atoms with Crippen LogP contribution in [0.4, 0.5) is 0 Å². The number of fused-ring (bicyclic) bond motifs is 3. The van der Waals surface area contributed by atoms with Crippen LogP contribution in [-0.2, 0) is 25.9 Å². The molecule has 1 atom stereocenters. The lowest BCUT2D eigenvalue weighted by atomic mass is 9.99. The molecule has 24 heavy (non-hydrogen) atoms. The van der Waals surface area contributed by atoms with Crippen molar-refractivity contribution < 1.29 is 0 Å². The highest BCUT2D eigenvalue weighted by Crippen LogP contribution is 2.33. The van der Waals surface area contributed by atoms with Crippen molar-refractivity contribution in [1.29, 1.82) is 0 Å². The quantitative estimate of drug-likeness (QED) is 0.728. The molecule has 0 saturated carbocycles. The van der Waals surface area contributed by atoms with Gasteiger partial charge in [-0.25, -0.2) is 0 Å². The maximum atomic E-state index is 4.25. The minimum Gasteiger partial charge on any atom is -0.344 e. The Labute approximate surface area is 143 Å². The van der Waals surface area contributed by atoms with Crippen LogP contribution in [0.1, 0.15) is 29.3 Å². The van der Waals surface area contributed by atoms with E-state index >= 15 is 0 Å². The first-order valence-electron chi connectivity index (χ1n) is 8.83. The third-order valence-electron chi connectivity index (χ3n) is 5.44. The number of aryl methyl sites for hydroxylation is 3. The zero-order valence-electron chi connectivity index (χ0n) is 14.8. The lowest BCUT2D eigenvalue weighted by Gasteiger charge is -2.31. The molecule has 124 valence electrons. The number of likely N-dealkylation sites (N-methyl/N-ethyl adjacent to an activating group) is 1. The molecule has 1 aliphatic heterocycles. The normalized spacial score (nSPS) is 18.0. The van der Waals surface area contributed by atoms with Crippen molar-refractivity contribution in [2.45, 2.75) is 45.8 Å². The highest BCUT2D eigenvalue weighted by atomic mass is 15.1. The summed E-state index contributed by atoms with van der Waals surface area (Å²) >= 11 is 0. The fourth-order valence-corrected chi connectivity index (χ4v) is 3.88. The molecule has 0 spiro atoms. The molecule has 3 heterocycles. The van der Waals surface area contributed by atoms with Gasteiger partial charge in [-0.15, -0.1) is 0 Å². The van der Waals surface area contributed by atoms with E-state index in [1.165, 1.54) is 33.3 Å². The second kappa shape index (κ2) is 6.06. The van der Waals surface area contributed by atoms with Crippen molar-refractivity contribution in [3.63, 3.8) is 0 Å². The third-order valence-corrected chi connectivity index (χ3v) is 5.44. The first kappa shape index (κ1) is 15.4. The highest BCUT2D eigenvalue weighted by molar-refractivity contribution is 5.86. The van der Waals surface area contributed by atoms with Crippen LogP contribution < -0.4 is 0 Å². The summed E-state index contributed by atoms with van der Waals surface area (Å²) in [4.78, 5) is 6.72. The van der Waals surface area contributed by atoms with E-state index in [1.54, 1.807) is 0 Å². The highest BCUT2D eigenvalue weighted by Gasteiger charge is 2.26. The zero-order valence-corrected chi connectivity index (χ0v) is 14.8. The first-order valence-corrected chi connectivity index (χ1v) is 8.83. The molecule has 0 bridgehead atoms. The third kappa shape index (κ3) is 2.63. The van der Waals surface area contributed by atoms with Gasteiger partial charge in [0.05, 0.1) is 0 Å². The summed E-state index contributed by atoms with van der Waals surface area (Å²) in [7, 11) is 2.24. The molecule has 0 fully saturated rings. The Morgan fingerprint density at radius 3 is 2.92 bits per heavy atom. The number of benzene rings is 1. The van der Waals surface area contributed by atoms with E-state index in [0.29, 0.717) is 6.04 Å². The van der Waals surface area contributed by atoms with Crippen LogP contribution in [0.15, 0.2) is 42.7 Å².